The minimum absolute atomic E-state index is 0.0430. The van der Waals surface area contributed by atoms with Crippen molar-refractivity contribution in [2.75, 3.05) is 0 Å². The SMILES string of the molecule is C[C@H](C(=O)O)N1C(=O)[C@@H]2[C@@H]3C[C@@H]([C@@H]2C1=O)[C@H]1[C@@H](c2ccc(O)cc2)c2sc(=O)[nH]c2S[C@H]31. The van der Waals surface area contributed by atoms with Gasteiger partial charge in [-0.1, -0.05) is 23.5 Å². The number of nitrogens with zero attached hydrogens (tertiary/aromatic N) is 1. The molecular formula is C22H20N2O6S2. The van der Waals surface area contributed by atoms with Gasteiger partial charge in [0.25, 0.3) is 0 Å². The molecule has 2 aromatic rings. The summed E-state index contributed by atoms with van der Waals surface area (Å²) < 4.78 is 0. The second-order valence-electron chi connectivity index (χ2n) is 9.11. The maximum atomic E-state index is 13.3. The third-order valence-electron chi connectivity index (χ3n) is 7.75. The number of carboxylic acid groups (broad SMARTS) is 1. The molecule has 1 saturated heterocycles. The number of amides is 2. The van der Waals surface area contributed by atoms with Crippen LogP contribution >= 0.6 is 23.1 Å². The topological polar surface area (TPSA) is 128 Å². The minimum Gasteiger partial charge on any atom is -0.508 e. The molecule has 0 unspecified atom stereocenters. The van der Waals surface area contributed by atoms with E-state index < -0.39 is 23.8 Å². The average Bonchev–Trinajstić information content (AvgIpc) is 3.47. The summed E-state index contributed by atoms with van der Waals surface area (Å²) in [5.41, 5.74) is 0.964. The van der Waals surface area contributed by atoms with E-state index in [0.29, 0.717) is 0 Å². The van der Waals surface area contributed by atoms with Crippen molar-refractivity contribution in [2.24, 2.45) is 29.6 Å². The maximum absolute atomic E-state index is 13.3. The number of carboxylic acids is 1. The quantitative estimate of drug-likeness (QED) is 0.584. The standard InChI is InChI=1S/C22H20N2O6S2/c1-7(21(28)29)24-19(26)14-10-6-11(15(14)20(24)27)16-13(10)12(8-2-4-9(25)5-3-8)17-18(31-16)23-22(30)32-17/h2-5,7,10-16,25H,6H2,1H3,(H,23,30)(H,28,29)/t7-,10-,11+,12-,13+,14+,15-,16-/m1/s1. The van der Waals surface area contributed by atoms with Crippen molar-refractivity contribution in [2.45, 2.75) is 35.6 Å². The molecule has 32 heavy (non-hydrogen) atoms. The number of aliphatic carboxylic acids is 1. The lowest BCUT2D eigenvalue weighted by Crippen LogP contribution is -2.44. The Bertz CT molecular complexity index is 1220. The van der Waals surface area contributed by atoms with Crippen LogP contribution in [0.3, 0.4) is 0 Å². The molecule has 1 aromatic heterocycles. The molecule has 2 saturated carbocycles. The number of fused-ring (bicyclic) bond motifs is 9. The summed E-state index contributed by atoms with van der Waals surface area (Å²) >= 11 is 2.76. The van der Waals surface area contributed by atoms with E-state index in [0.717, 1.165) is 26.8 Å². The number of nitrogens with one attached hydrogen (secondary N) is 1. The largest absolute Gasteiger partial charge is 0.508 e. The number of carbonyl (C=O) groups is 3. The van der Waals surface area contributed by atoms with Gasteiger partial charge in [-0.25, -0.2) is 4.79 Å². The highest BCUT2D eigenvalue weighted by Crippen LogP contribution is 2.68. The van der Waals surface area contributed by atoms with Crippen LogP contribution in [-0.4, -0.2) is 49.2 Å². The first-order valence-electron chi connectivity index (χ1n) is 10.6. The van der Waals surface area contributed by atoms with Crippen LogP contribution in [0.2, 0.25) is 0 Å². The molecule has 2 amide bonds. The number of rotatable bonds is 3. The molecular weight excluding hydrogens is 452 g/mol. The maximum Gasteiger partial charge on any atom is 0.326 e. The van der Waals surface area contributed by atoms with Crippen molar-refractivity contribution in [1.82, 2.24) is 9.88 Å². The number of phenolic OH excluding ortho intramolecular Hbond substituents is 1. The number of aromatic nitrogens is 1. The van der Waals surface area contributed by atoms with Gasteiger partial charge < -0.3 is 15.2 Å². The van der Waals surface area contributed by atoms with Gasteiger partial charge in [-0.2, -0.15) is 0 Å². The fourth-order valence-electron chi connectivity index (χ4n) is 6.59. The van der Waals surface area contributed by atoms with Crippen molar-refractivity contribution in [3.05, 3.63) is 44.4 Å². The lowest BCUT2D eigenvalue weighted by atomic mass is 9.68. The van der Waals surface area contributed by atoms with Gasteiger partial charge in [0, 0.05) is 16.0 Å². The van der Waals surface area contributed by atoms with Crippen molar-refractivity contribution < 1.29 is 24.6 Å². The van der Waals surface area contributed by atoms with Crippen molar-refractivity contribution in [3.63, 3.8) is 0 Å². The summed E-state index contributed by atoms with van der Waals surface area (Å²) in [5, 5.41) is 20.1. The molecule has 2 aliphatic carbocycles. The van der Waals surface area contributed by atoms with Gasteiger partial charge in [0.05, 0.1) is 16.9 Å². The predicted octanol–water partition coefficient (Wildman–Crippen LogP) is 2.09. The Hall–Kier alpha value is -2.59. The van der Waals surface area contributed by atoms with Crippen LogP contribution in [0.5, 0.6) is 5.75 Å². The minimum atomic E-state index is -1.19. The Morgan fingerprint density at radius 2 is 1.78 bits per heavy atom. The number of H-pyrrole nitrogens is 1. The van der Waals surface area contributed by atoms with E-state index in [-0.39, 0.29) is 51.4 Å². The third kappa shape index (κ3) is 2.50. The third-order valence-corrected chi connectivity index (χ3v) is 10.3. The normalized spacial score (nSPS) is 35.5. The molecule has 166 valence electrons. The molecule has 8 atom stereocenters. The van der Waals surface area contributed by atoms with Crippen molar-refractivity contribution in [1.29, 1.82) is 0 Å². The highest BCUT2D eigenvalue weighted by Gasteiger charge is 2.70. The van der Waals surface area contributed by atoms with Gasteiger partial charge in [0.1, 0.15) is 11.8 Å². The predicted molar refractivity (Wildman–Crippen MR) is 116 cm³/mol. The summed E-state index contributed by atoms with van der Waals surface area (Å²) in [6.07, 6.45) is 0.748. The molecule has 6 rings (SSSR count). The fraction of sp³-hybridized carbons (Fsp3) is 0.455. The molecule has 3 N–H and O–H groups in total. The van der Waals surface area contributed by atoms with Gasteiger partial charge in [0.2, 0.25) is 11.8 Å². The summed E-state index contributed by atoms with van der Waals surface area (Å²) in [4.78, 5) is 54.9. The number of thiazole rings is 1. The number of imide groups is 1. The van der Waals surface area contributed by atoms with E-state index in [4.69, 9.17) is 0 Å². The second kappa shape index (κ2) is 6.71. The Morgan fingerprint density at radius 3 is 2.44 bits per heavy atom. The lowest BCUT2D eigenvalue weighted by Gasteiger charge is -2.43. The summed E-state index contributed by atoms with van der Waals surface area (Å²) in [6.45, 7) is 1.38. The molecule has 2 aliphatic heterocycles. The number of hydrogen-bond acceptors (Lipinski definition) is 7. The van der Waals surface area contributed by atoms with E-state index in [1.807, 2.05) is 12.1 Å². The van der Waals surface area contributed by atoms with Gasteiger partial charge >= 0.3 is 10.8 Å². The first-order valence-corrected chi connectivity index (χ1v) is 12.3. The second-order valence-corrected chi connectivity index (χ2v) is 11.3. The number of benzene rings is 1. The molecule has 3 fully saturated rings. The molecule has 0 radical (unpaired) electrons. The summed E-state index contributed by atoms with van der Waals surface area (Å²) in [5.74, 6) is -2.95. The van der Waals surface area contributed by atoms with E-state index in [9.17, 15) is 29.4 Å². The molecule has 2 bridgehead atoms. The van der Waals surface area contributed by atoms with Crippen molar-refractivity contribution >= 4 is 40.9 Å². The van der Waals surface area contributed by atoms with Gasteiger partial charge in [0.15, 0.2) is 0 Å². The van der Waals surface area contributed by atoms with Crippen LogP contribution in [-0.2, 0) is 14.4 Å². The number of likely N-dealkylation sites (tertiary alicyclic amines) is 1. The summed E-state index contributed by atoms with van der Waals surface area (Å²) in [7, 11) is 0. The Kier molecular flexibility index (Phi) is 4.20. The van der Waals surface area contributed by atoms with E-state index in [1.54, 1.807) is 23.9 Å². The highest BCUT2D eigenvalue weighted by atomic mass is 32.2. The van der Waals surface area contributed by atoms with E-state index in [2.05, 4.69) is 4.98 Å². The van der Waals surface area contributed by atoms with Crippen molar-refractivity contribution in [3.8, 4) is 5.75 Å². The van der Waals surface area contributed by atoms with E-state index in [1.165, 1.54) is 18.3 Å². The number of aromatic hydroxyl groups is 1. The van der Waals surface area contributed by atoms with Crippen LogP contribution in [0.25, 0.3) is 0 Å². The fourth-order valence-corrected chi connectivity index (χ4v) is 9.48. The highest BCUT2D eigenvalue weighted by molar-refractivity contribution is 8.00. The molecule has 10 heteroatoms. The van der Waals surface area contributed by atoms with Gasteiger partial charge in [-0.05, 0) is 48.8 Å². The van der Waals surface area contributed by atoms with Crippen LogP contribution in [0.15, 0.2) is 34.1 Å². The first-order chi connectivity index (χ1) is 15.3. The van der Waals surface area contributed by atoms with Crippen LogP contribution in [0.4, 0.5) is 0 Å². The number of hydrogen-bond donors (Lipinski definition) is 3. The smallest absolute Gasteiger partial charge is 0.326 e. The average molecular weight is 473 g/mol. The molecule has 4 aliphatic rings. The Morgan fingerprint density at radius 1 is 1.12 bits per heavy atom. The van der Waals surface area contributed by atoms with Crippen LogP contribution < -0.4 is 4.87 Å². The first kappa shape index (κ1) is 20.0. The number of phenols is 1. The Labute approximate surface area is 190 Å². The summed E-state index contributed by atoms with van der Waals surface area (Å²) in [6, 6.07) is 5.77. The monoisotopic (exact) mass is 472 g/mol. The number of thioether (sulfide) groups is 1. The lowest BCUT2D eigenvalue weighted by molar-refractivity contribution is -0.154. The zero-order valence-corrected chi connectivity index (χ0v) is 18.6. The molecule has 0 spiro atoms. The van der Waals surface area contributed by atoms with Crippen LogP contribution in [0.1, 0.15) is 29.7 Å². The Balaban J connectivity index is 1.45. The molecule has 1 aromatic carbocycles. The molecule has 3 heterocycles. The zero-order chi connectivity index (χ0) is 22.5. The zero-order valence-electron chi connectivity index (χ0n) is 16.9. The van der Waals surface area contributed by atoms with Gasteiger partial charge in [-0.3, -0.25) is 19.3 Å². The van der Waals surface area contributed by atoms with Gasteiger partial charge in [-0.15, -0.1) is 11.8 Å². The number of aromatic amines is 1. The number of carbonyl (C=O) groups excluding carboxylic acids is 2. The van der Waals surface area contributed by atoms with Crippen LogP contribution in [0, 0.1) is 29.6 Å². The molecule has 8 nitrogen and oxygen atoms in total. The van der Waals surface area contributed by atoms with E-state index >= 15 is 0 Å².